The van der Waals surface area contributed by atoms with Gasteiger partial charge in [-0.1, -0.05) is 18.5 Å². The molecule has 0 unspecified atom stereocenters. The van der Waals surface area contributed by atoms with Gasteiger partial charge in [-0.05, 0) is 25.1 Å². The first kappa shape index (κ1) is 16.2. The molecule has 20 heavy (non-hydrogen) atoms. The van der Waals surface area contributed by atoms with Gasteiger partial charge in [0.05, 0.1) is 21.1 Å². The van der Waals surface area contributed by atoms with E-state index in [-0.39, 0.29) is 15.7 Å². The Morgan fingerprint density at radius 3 is 2.65 bits per heavy atom. The third-order valence-electron chi connectivity index (χ3n) is 3.18. The minimum Gasteiger partial charge on any atom is -0.312 e. The van der Waals surface area contributed by atoms with Crippen LogP contribution in [0.4, 0.5) is 0 Å². The fraction of sp³-hybridized carbons (Fsp3) is 0.636. The van der Waals surface area contributed by atoms with E-state index < -0.39 is 31.0 Å². The number of hydrogen-bond acceptors (Lipinski definition) is 6. The fourth-order valence-electron chi connectivity index (χ4n) is 2.24. The van der Waals surface area contributed by atoms with Crippen molar-refractivity contribution < 1.29 is 16.8 Å². The Bertz CT molecular complexity index is 680. The van der Waals surface area contributed by atoms with E-state index in [0.29, 0.717) is 10.9 Å². The molecule has 0 radical (unpaired) electrons. The summed E-state index contributed by atoms with van der Waals surface area (Å²) in [6, 6.07) is 2.40. The van der Waals surface area contributed by atoms with Gasteiger partial charge in [0.2, 0.25) is 0 Å². The Labute approximate surface area is 128 Å². The first-order chi connectivity index (χ1) is 9.26. The van der Waals surface area contributed by atoms with E-state index >= 15 is 0 Å². The maximum absolute atomic E-state index is 12.6. The minimum atomic E-state index is -3.68. The van der Waals surface area contributed by atoms with E-state index in [1.807, 2.05) is 6.92 Å². The van der Waals surface area contributed by atoms with E-state index in [4.69, 9.17) is 11.6 Å². The quantitative estimate of drug-likeness (QED) is 0.860. The van der Waals surface area contributed by atoms with Crippen LogP contribution >= 0.6 is 22.9 Å². The molecule has 0 saturated carbocycles. The molecule has 1 fully saturated rings. The summed E-state index contributed by atoms with van der Waals surface area (Å²) in [5.41, 5.74) is 0. The van der Waals surface area contributed by atoms with Crippen LogP contribution in [-0.2, 0) is 19.7 Å². The SMILES string of the molecule is CCCN[C@H]1CS(=O)(=O)C[C@@H]1S(=O)(=O)c1ccc(Cl)s1. The Hall–Kier alpha value is -0.150. The van der Waals surface area contributed by atoms with Crippen LogP contribution in [0.2, 0.25) is 4.34 Å². The lowest BCUT2D eigenvalue weighted by Gasteiger charge is -2.18. The Morgan fingerprint density at radius 2 is 2.10 bits per heavy atom. The molecule has 1 aliphatic rings. The standard InChI is InChI=1S/C11H16ClNO4S3/c1-2-5-13-8-6-19(14,15)7-9(8)20(16,17)11-4-3-10(12)18-11/h3-4,8-9,13H,2,5-7H2,1H3/t8-,9-/m0/s1. The van der Waals surface area contributed by atoms with Crippen molar-refractivity contribution in [1.82, 2.24) is 5.32 Å². The number of thiophene rings is 1. The van der Waals surface area contributed by atoms with E-state index in [2.05, 4.69) is 5.32 Å². The first-order valence-corrected chi connectivity index (χ1v) is 10.8. The van der Waals surface area contributed by atoms with E-state index in [9.17, 15) is 16.8 Å². The highest BCUT2D eigenvalue weighted by Gasteiger charge is 2.45. The van der Waals surface area contributed by atoms with Gasteiger partial charge >= 0.3 is 0 Å². The van der Waals surface area contributed by atoms with E-state index in [0.717, 1.165) is 17.8 Å². The van der Waals surface area contributed by atoms with Gasteiger partial charge in [0.25, 0.3) is 0 Å². The molecule has 1 aliphatic heterocycles. The Morgan fingerprint density at radius 1 is 1.40 bits per heavy atom. The Balaban J connectivity index is 2.33. The predicted octanol–water partition coefficient (Wildman–Crippen LogP) is 1.34. The summed E-state index contributed by atoms with van der Waals surface area (Å²) in [6.45, 7) is 2.54. The average Bonchev–Trinajstić information content (AvgIpc) is 2.91. The summed E-state index contributed by atoms with van der Waals surface area (Å²) >= 11 is 6.73. The molecular weight excluding hydrogens is 342 g/mol. The second kappa shape index (κ2) is 5.92. The van der Waals surface area contributed by atoms with Gasteiger partial charge in [-0.3, -0.25) is 0 Å². The van der Waals surface area contributed by atoms with Crippen LogP contribution in [0.25, 0.3) is 0 Å². The summed E-state index contributed by atoms with van der Waals surface area (Å²) in [4.78, 5) is 0. The number of hydrogen-bond donors (Lipinski definition) is 1. The molecule has 0 amide bonds. The van der Waals surface area contributed by atoms with Gasteiger partial charge in [-0.15, -0.1) is 11.3 Å². The van der Waals surface area contributed by atoms with Crippen LogP contribution < -0.4 is 5.32 Å². The molecule has 5 nitrogen and oxygen atoms in total. The van der Waals surface area contributed by atoms with Crippen LogP contribution in [0, 0.1) is 0 Å². The zero-order valence-corrected chi connectivity index (χ0v) is 14.1. The normalized spacial score (nSPS) is 25.9. The van der Waals surface area contributed by atoms with Crippen LogP contribution in [-0.4, -0.2) is 46.2 Å². The third kappa shape index (κ3) is 3.36. The molecule has 1 N–H and O–H groups in total. The van der Waals surface area contributed by atoms with Crippen molar-refractivity contribution >= 4 is 42.6 Å². The maximum Gasteiger partial charge on any atom is 0.193 e. The van der Waals surface area contributed by atoms with Gasteiger partial charge in [0.1, 0.15) is 4.21 Å². The molecule has 114 valence electrons. The Kier molecular flexibility index (Phi) is 4.80. The molecule has 2 rings (SSSR count). The fourth-order valence-corrected chi connectivity index (χ4v) is 8.67. The van der Waals surface area contributed by atoms with Crippen LogP contribution in [0.5, 0.6) is 0 Å². The molecule has 2 heterocycles. The van der Waals surface area contributed by atoms with Crippen molar-refractivity contribution in [1.29, 1.82) is 0 Å². The van der Waals surface area contributed by atoms with Crippen molar-refractivity contribution in [2.45, 2.75) is 28.8 Å². The second-order valence-corrected chi connectivity index (χ2v) is 11.0. The number of sulfone groups is 2. The molecule has 2 atom stereocenters. The van der Waals surface area contributed by atoms with Gasteiger partial charge in [0.15, 0.2) is 19.7 Å². The third-order valence-corrected chi connectivity index (χ3v) is 9.09. The molecular formula is C11H16ClNO4S3. The number of rotatable bonds is 5. The summed E-state index contributed by atoms with van der Waals surface area (Å²) in [7, 11) is -7.01. The molecule has 0 aliphatic carbocycles. The van der Waals surface area contributed by atoms with Crippen LogP contribution in [0.1, 0.15) is 13.3 Å². The monoisotopic (exact) mass is 357 g/mol. The van der Waals surface area contributed by atoms with Crippen molar-refractivity contribution in [2.75, 3.05) is 18.1 Å². The lowest BCUT2D eigenvalue weighted by atomic mass is 10.2. The van der Waals surface area contributed by atoms with Gasteiger partial charge < -0.3 is 5.32 Å². The zero-order chi connectivity index (χ0) is 15.0. The largest absolute Gasteiger partial charge is 0.312 e. The van der Waals surface area contributed by atoms with E-state index in [1.165, 1.54) is 12.1 Å². The molecule has 9 heteroatoms. The highest BCUT2D eigenvalue weighted by Crippen LogP contribution is 2.32. The van der Waals surface area contributed by atoms with Gasteiger partial charge in [0, 0.05) is 6.04 Å². The van der Waals surface area contributed by atoms with Crippen molar-refractivity contribution in [3.63, 3.8) is 0 Å². The van der Waals surface area contributed by atoms with E-state index in [1.54, 1.807) is 0 Å². The minimum absolute atomic E-state index is 0.129. The molecule has 1 aromatic rings. The summed E-state index contributed by atoms with van der Waals surface area (Å²) < 4.78 is 49.2. The first-order valence-electron chi connectivity index (χ1n) is 6.19. The molecule has 1 saturated heterocycles. The lowest BCUT2D eigenvalue weighted by molar-refractivity contribution is 0.526. The topological polar surface area (TPSA) is 80.3 Å². The second-order valence-electron chi connectivity index (χ2n) is 4.78. The summed E-state index contributed by atoms with van der Waals surface area (Å²) in [5.74, 6) is -0.456. The van der Waals surface area contributed by atoms with Gasteiger partial charge in [-0.2, -0.15) is 0 Å². The molecule has 0 bridgehead atoms. The average molecular weight is 358 g/mol. The molecule has 0 aromatic carbocycles. The summed E-state index contributed by atoms with van der Waals surface area (Å²) in [5, 5.41) is 2.10. The molecule has 1 aromatic heterocycles. The van der Waals surface area contributed by atoms with Crippen LogP contribution in [0.3, 0.4) is 0 Å². The zero-order valence-electron chi connectivity index (χ0n) is 10.9. The smallest absolute Gasteiger partial charge is 0.193 e. The van der Waals surface area contributed by atoms with Crippen molar-refractivity contribution in [3.05, 3.63) is 16.5 Å². The highest BCUT2D eigenvalue weighted by atomic mass is 35.5. The summed E-state index contributed by atoms with van der Waals surface area (Å²) in [6.07, 6.45) is 0.814. The van der Waals surface area contributed by atoms with Crippen LogP contribution in [0.15, 0.2) is 16.3 Å². The number of nitrogens with one attached hydrogen (secondary N) is 1. The highest BCUT2D eigenvalue weighted by molar-refractivity contribution is 7.97. The van der Waals surface area contributed by atoms with Crippen molar-refractivity contribution in [2.24, 2.45) is 0 Å². The predicted molar refractivity (Wildman–Crippen MR) is 81.0 cm³/mol. The molecule has 0 spiro atoms. The lowest BCUT2D eigenvalue weighted by Crippen LogP contribution is -2.43. The van der Waals surface area contributed by atoms with Gasteiger partial charge in [-0.25, -0.2) is 16.8 Å². The van der Waals surface area contributed by atoms with Crippen molar-refractivity contribution in [3.8, 4) is 0 Å². The number of halogens is 1. The maximum atomic E-state index is 12.6.